The number of nitrogens with one attached hydrogen (secondary N) is 1. The first kappa shape index (κ1) is 18.6. The third-order valence-corrected chi connectivity index (χ3v) is 4.73. The first-order valence-electron chi connectivity index (χ1n) is 9.14. The normalized spacial score (nSPS) is 10.6. The highest BCUT2D eigenvalue weighted by Gasteiger charge is 2.13. The van der Waals surface area contributed by atoms with Crippen molar-refractivity contribution in [1.29, 1.82) is 0 Å². The van der Waals surface area contributed by atoms with Crippen LogP contribution in [0.15, 0.2) is 65.6 Å². The van der Waals surface area contributed by atoms with Crippen molar-refractivity contribution < 1.29 is 4.79 Å². The van der Waals surface area contributed by atoms with E-state index in [9.17, 15) is 9.59 Å². The van der Waals surface area contributed by atoms with Crippen molar-refractivity contribution in [2.24, 2.45) is 0 Å². The van der Waals surface area contributed by atoms with Crippen LogP contribution in [0.25, 0.3) is 0 Å². The maximum atomic E-state index is 12.8. The molecule has 2 aromatic carbocycles. The molecule has 0 atom stereocenters. The van der Waals surface area contributed by atoms with Crippen LogP contribution >= 0.6 is 0 Å². The smallest absolute Gasteiger partial charge is 0.263 e. The number of nitrogens with zero attached hydrogens (tertiary/aromatic N) is 1. The van der Waals surface area contributed by atoms with Crippen molar-refractivity contribution in [3.05, 3.63) is 99.0 Å². The third-order valence-electron chi connectivity index (χ3n) is 4.73. The zero-order chi connectivity index (χ0) is 19.4. The van der Waals surface area contributed by atoms with E-state index in [1.165, 1.54) is 5.56 Å². The van der Waals surface area contributed by atoms with Crippen molar-refractivity contribution in [3.63, 3.8) is 0 Å². The minimum Gasteiger partial charge on any atom is -0.322 e. The van der Waals surface area contributed by atoms with E-state index < -0.39 is 0 Å². The molecule has 1 amide bonds. The van der Waals surface area contributed by atoms with Crippen LogP contribution in [0.1, 0.15) is 39.5 Å². The summed E-state index contributed by atoms with van der Waals surface area (Å²) in [6, 6.07) is 17.1. The molecule has 4 heteroatoms. The second-order valence-corrected chi connectivity index (χ2v) is 6.79. The van der Waals surface area contributed by atoms with Gasteiger partial charge in [0.25, 0.3) is 11.5 Å². The van der Waals surface area contributed by atoms with Crippen molar-refractivity contribution in [1.82, 2.24) is 4.57 Å². The molecule has 0 radical (unpaired) electrons. The van der Waals surface area contributed by atoms with Gasteiger partial charge in [-0.15, -0.1) is 0 Å². The molecule has 0 bridgehead atoms. The molecule has 0 aliphatic heterocycles. The molecule has 0 saturated carbocycles. The number of hydrogen-bond acceptors (Lipinski definition) is 2. The van der Waals surface area contributed by atoms with E-state index in [0.29, 0.717) is 12.2 Å². The van der Waals surface area contributed by atoms with Gasteiger partial charge >= 0.3 is 0 Å². The van der Waals surface area contributed by atoms with Crippen molar-refractivity contribution in [2.75, 3.05) is 5.32 Å². The van der Waals surface area contributed by atoms with Gasteiger partial charge in [0.2, 0.25) is 0 Å². The van der Waals surface area contributed by atoms with Gasteiger partial charge in [0.05, 0.1) is 6.54 Å². The molecule has 138 valence electrons. The highest BCUT2D eigenvalue weighted by molar-refractivity contribution is 6.03. The Labute approximate surface area is 159 Å². The fourth-order valence-corrected chi connectivity index (χ4v) is 3.01. The Hall–Kier alpha value is -3.14. The molecule has 27 heavy (non-hydrogen) atoms. The van der Waals surface area contributed by atoms with Crippen molar-refractivity contribution in [3.8, 4) is 0 Å². The summed E-state index contributed by atoms with van der Waals surface area (Å²) < 4.78 is 1.58. The Morgan fingerprint density at radius 3 is 2.48 bits per heavy atom. The molecule has 0 fully saturated rings. The van der Waals surface area contributed by atoms with Crippen LogP contribution in [0.4, 0.5) is 5.69 Å². The third kappa shape index (κ3) is 4.34. The van der Waals surface area contributed by atoms with E-state index in [2.05, 4.69) is 24.4 Å². The molecule has 0 saturated heterocycles. The molecule has 1 heterocycles. The van der Waals surface area contributed by atoms with Crippen LogP contribution < -0.4 is 10.9 Å². The summed E-state index contributed by atoms with van der Waals surface area (Å²) >= 11 is 0. The van der Waals surface area contributed by atoms with Gasteiger partial charge in [-0.05, 0) is 61.2 Å². The molecule has 0 aliphatic carbocycles. The Kier molecular flexibility index (Phi) is 5.55. The lowest BCUT2D eigenvalue weighted by Crippen LogP contribution is -2.29. The number of benzene rings is 2. The Balaban J connectivity index is 1.84. The van der Waals surface area contributed by atoms with Gasteiger partial charge in [0.15, 0.2) is 0 Å². The monoisotopic (exact) mass is 360 g/mol. The van der Waals surface area contributed by atoms with E-state index in [1.54, 1.807) is 22.9 Å². The lowest BCUT2D eigenvalue weighted by molar-refractivity contribution is 0.102. The van der Waals surface area contributed by atoms with Gasteiger partial charge < -0.3 is 9.88 Å². The number of aromatic nitrogens is 1. The first-order chi connectivity index (χ1) is 13.0. The summed E-state index contributed by atoms with van der Waals surface area (Å²) in [5.41, 5.74) is 5.07. The number of carbonyl (C=O) groups is 1. The number of rotatable bonds is 5. The molecule has 0 spiro atoms. The van der Waals surface area contributed by atoms with Crippen LogP contribution in [0.5, 0.6) is 0 Å². The summed E-state index contributed by atoms with van der Waals surface area (Å²) in [6.07, 6.45) is 2.66. The number of aryl methyl sites for hydroxylation is 3. The lowest BCUT2D eigenvalue weighted by atomic mass is 10.1. The number of hydrogen-bond donors (Lipinski definition) is 1. The molecular weight excluding hydrogens is 336 g/mol. The first-order valence-corrected chi connectivity index (χ1v) is 9.14. The fraction of sp³-hybridized carbons (Fsp3) is 0.217. The molecule has 1 N–H and O–H groups in total. The predicted molar refractivity (Wildman–Crippen MR) is 109 cm³/mol. The molecule has 4 nitrogen and oxygen atoms in total. The van der Waals surface area contributed by atoms with Crippen molar-refractivity contribution in [2.45, 2.75) is 33.7 Å². The highest BCUT2D eigenvalue weighted by atomic mass is 16.2. The summed E-state index contributed by atoms with van der Waals surface area (Å²) in [6.45, 7) is 6.57. The lowest BCUT2D eigenvalue weighted by Gasteiger charge is -2.11. The van der Waals surface area contributed by atoms with Crippen LogP contribution in [-0.2, 0) is 13.0 Å². The van der Waals surface area contributed by atoms with Crippen LogP contribution in [0.2, 0.25) is 0 Å². The van der Waals surface area contributed by atoms with Gasteiger partial charge in [-0.25, -0.2) is 0 Å². The van der Waals surface area contributed by atoms with Crippen molar-refractivity contribution >= 4 is 11.6 Å². The van der Waals surface area contributed by atoms with E-state index >= 15 is 0 Å². The second kappa shape index (κ2) is 8.04. The second-order valence-electron chi connectivity index (χ2n) is 6.79. The zero-order valence-corrected chi connectivity index (χ0v) is 16.0. The summed E-state index contributed by atoms with van der Waals surface area (Å²) in [7, 11) is 0. The molecule has 3 rings (SSSR count). The van der Waals surface area contributed by atoms with E-state index in [0.717, 1.165) is 23.1 Å². The van der Waals surface area contributed by atoms with Gasteiger partial charge in [0.1, 0.15) is 5.56 Å². The Bertz CT molecular complexity index is 1020. The quantitative estimate of drug-likeness (QED) is 0.736. The minimum absolute atomic E-state index is 0.141. The molecule has 0 aliphatic rings. The maximum Gasteiger partial charge on any atom is 0.263 e. The molecule has 1 aromatic heterocycles. The zero-order valence-electron chi connectivity index (χ0n) is 16.0. The summed E-state index contributed by atoms with van der Waals surface area (Å²) in [5, 5.41) is 2.81. The number of amides is 1. The SMILES string of the molecule is CCc1ccc(NC(=O)c2cccn(Cc3cc(C)ccc3C)c2=O)cc1. The number of anilines is 1. The van der Waals surface area contributed by atoms with Crippen LogP contribution in [-0.4, -0.2) is 10.5 Å². The molecule has 3 aromatic rings. The average Bonchev–Trinajstić information content (AvgIpc) is 2.67. The summed E-state index contributed by atoms with van der Waals surface area (Å²) in [4.78, 5) is 25.4. The number of pyridine rings is 1. The number of carbonyl (C=O) groups excluding carboxylic acids is 1. The molecular formula is C23H24N2O2. The largest absolute Gasteiger partial charge is 0.322 e. The Morgan fingerprint density at radius 2 is 1.78 bits per heavy atom. The fourth-order valence-electron chi connectivity index (χ4n) is 3.01. The van der Waals surface area contributed by atoms with Gasteiger partial charge in [-0.2, -0.15) is 0 Å². The van der Waals surface area contributed by atoms with Crippen LogP contribution in [0.3, 0.4) is 0 Å². The van der Waals surface area contributed by atoms with Crippen LogP contribution in [0, 0.1) is 13.8 Å². The van der Waals surface area contributed by atoms with Gasteiger partial charge in [-0.1, -0.05) is 42.8 Å². The van der Waals surface area contributed by atoms with Gasteiger partial charge in [0, 0.05) is 11.9 Å². The summed E-state index contributed by atoms with van der Waals surface area (Å²) in [5.74, 6) is -0.389. The Morgan fingerprint density at radius 1 is 1.04 bits per heavy atom. The molecule has 0 unspecified atom stereocenters. The minimum atomic E-state index is -0.389. The average molecular weight is 360 g/mol. The predicted octanol–water partition coefficient (Wildman–Crippen LogP) is 4.33. The maximum absolute atomic E-state index is 12.8. The standard InChI is InChI=1S/C23H24N2O2/c1-4-18-9-11-20(12-10-18)24-22(26)21-6-5-13-25(23(21)27)15-19-14-16(2)7-8-17(19)3/h5-14H,4,15H2,1-3H3,(H,24,26). The highest BCUT2D eigenvalue weighted by Crippen LogP contribution is 2.13. The van der Waals surface area contributed by atoms with E-state index in [1.807, 2.05) is 44.2 Å². The van der Waals surface area contributed by atoms with E-state index in [4.69, 9.17) is 0 Å². The van der Waals surface area contributed by atoms with Gasteiger partial charge in [-0.3, -0.25) is 9.59 Å². The van der Waals surface area contributed by atoms with E-state index in [-0.39, 0.29) is 17.0 Å². The topological polar surface area (TPSA) is 51.1 Å².